The monoisotopic (exact) mass is 335 g/mol. The Bertz CT molecular complexity index is 587. The van der Waals surface area contributed by atoms with E-state index in [9.17, 15) is 9.59 Å². The number of ether oxygens (including phenoxy) is 2. The number of hydrogen-bond acceptors (Lipinski definition) is 4. The van der Waals surface area contributed by atoms with Crippen molar-refractivity contribution in [2.75, 3.05) is 26.8 Å². The minimum atomic E-state index is -0.784. The summed E-state index contributed by atoms with van der Waals surface area (Å²) in [6.45, 7) is 3.24. The first-order valence-electron chi connectivity index (χ1n) is 8.26. The molecule has 1 aliphatic heterocycles. The number of nitrogens with zero attached hydrogens (tertiary/aromatic N) is 1. The number of hydrogen-bond donors (Lipinski definition) is 1. The second kappa shape index (κ2) is 8.57. The quantitative estimate of drug-likeness (QED) is 0.828. The second-order valence-electron chi connectivity index (χ2n) is 6.22. The first-order chi connectivity index (χ1) is 11.5. The van der Waals surface area contributed by atoms with Gasteiger partial charge in [-0.1, -0.05) is 6.07 Å². The van der Waals surface area contributed by atoms with Crippen LogP contribution in [0.15, 0.2) is 18.2 Å². The molecular weight excluding hydrogens is 310 g/mol. The van der Waals surface area contributed by atoms with Gasteiger partial charge in [0.15, 0.2) is 18.1 Å². The summed E-state index contributed by atoms with van der Waals surface area (Å²) < 4.78 is 10.9. The summed E-state index contributed by atoms with van der Waals surface area (Å²) in [6.07, 6.45) is 2.66. The van der Waals surface area contributed by atoms with Gasteiger partial charge in [0.25, 0.3) is 5.91 Å². The molecule has 1 atom stereocenters. The highest BCUT2D eigenvalue weighted by Gasteiger charge is 2.24. The summed E-state index contributed by atoms with van der Waals surface area (Å²) in [7, 11) is 1.57. The van der Waals surface area contributed by atoms with Crippen molar-refractivity contribution in [3.63, 3.8) is 0 Å². The number of piperidine rings is 1. The SMILES string of the molecule is COc1cc(C)ccc1OCC(=O)N1CCC[C@@H](CCC(=O)O)C1. The molecule has 1 aromatic carbocycles. The summed E-state index contributed by atoms with van der Waals surface area (Å²) in [4.78, 5) is 24.8. The minimum absolute atomic E-state index is 0.0366. The van der Waals surface area contributed by atoms with Crippen molar-refractivity contribution >= 4 is 11.9 Å². The number of carboxylic acid groups (broad SMARTS) is 1. The Morgan fingerprint density at radius 2 is 2.12 bits per heavy atom. The van der Waals surface area contributed by atoms with Crippen LogP contribution in [-0.4, -0.2) is 48.7 Å². The fourth-order valence-corrected chi connectivity index (χ4v) is 2.98. The van der Waals surface area contributed by atoms with E-state index in [-0.39, 0.29) is 24.9 Å². The third-order valence-corrected chi connectivity index (χ3v) is 4.31. The Morgan fingerprint density at radius 3 is 2.83 bits per heavy atom. The van der Waals surface area contributed by atoms with E-state index in [4.69, 9.17) is 14.6 Å². The Balaban J connectivity index is 1.87. The predicted molar refractivity (Wildman–Crippen MR) is 89.4 cm³/mol. The van der Waals surface area contributed by atoms with Gasteiger partial charge in [-0.2, -0.15) is 0 Å². The lowest BCUT2D eigenvalue weighted by Crippen LogP contribution is -2.42. The molecule has 24 heavy (non-hydrogen) atoms. The maximum atomic E-state index is 12.4. The molecule has 1 aliphatic rings. The van der Waals surface area contributed by atoms with E-state index >= 15 is 0 Å². The smallest absolute Gasteiger partial charge is 0.303 e. The average molecular weight is 335 g/mol. The molecule has 0 radical (unpaired) electrons. The van der Waals surface area contributed by atoms with E-state index in [0.717, 1.165) is 18.4 Å². The van der Waals surface area contributed by atoms with Crippen LogP contribution in [0.1, 0.15) is 31.2 Å². The largest absolute Gasteiger partial charge is 0.493 e. The molecule has 132 valence electrons. The highest BCUT2D eigenvalue weighted by Crippen LogP contribution is 2.28. The molecule has 0 spiro atoms. The molecule has 1 amide bonds. The van der Waals surface area contributed by atoms with Crippen molar-refractivity contribution in [3.8, 4) is 11.5 Å². The Hall–Kier alpha value is -2.24. The number of aliphatic carboxylic acids is 1. The number of likely N-dealkylation sites (tertiary alicyclic amines) is 1. The number of carboxylic acids is 1. The molecule has 1 fully saturated rings. The van der Waals surface area contributed by atoms with Gasteiger partial charge in [-0.15, -0.1) is 0 Å². The van der Waals surface area contributed by atoms with Crippen LogP contribution in [0.2, 0.25) is 0 Å². The van der Waals surface area contributed by atoms with Crippen LogP contribution < -0.4 is 9.47 Å². The van der Waals surface area contributed by atoms with Crippen LogP contribution in [0, 0.1) is 12.8 Å². The molecule has 0 unspecified atom stereocenters. The Morgan fingerprint density at radius 1 is 1.33 bits per heavy atom. The summed E-state index contributed by atoms with van der Waals surface area (Å²) in [6, 6.07) is 5.57. The lowest BCUT2D eigenvalue weighted by atomic mass is 9.93. The van der Waals surface area contributed by atoms with E-state index in [1.165, 1.54) is 0 Å². The molecular formula is C18H25NO5. The van der Waals surface area contributed by atoms with Crippen molar-refractivity contribution < 1.29 is 24.2 Å². The van der Waals surface area contributed by atoms with E-state index in [1.807, 2.05) is 19.1 Å². The molecule has 0 saturated carbocycles. The molecule has 1 saturated heterocycles. The molecule has 6 heteroatoms. The van der Waals surface area contributed by atoms with Crippen LogP contribution in [-0.2, 0) is 9.59 Å². The number of methoxy groups -OCH3 is 1. The predicted octanol–water partition coefficient (Wildman–Crippen LogP) is 2.49. The Labute approximate surface area is 142 Å². The minimum Gasteiger partial charge on any atom is -0.493 e. The van der Waals surface area contributed by atoms with Crippen molar-refractivity contribution in [3.05, 3.63) is 23.8 Å². The number of rotatable bonds is 7. The highest BCUT2D eigenvalue weighted by atomic mass is 16.5. The first-order valence-corrected chi connectivity index (χ1v) is 8.26. The van der Waals surface area contributed by atoms with Gasteiger partial charge in [0.2, 0.25) is 0 Å². The lowest BCUT2D eigenvalue weighted by Gasteiger charge is -2.32. The Kier molecular flexibility index (Phi) is 6.46. The van der Waals surface area contributed by atoms with Crippen LogP contribution in [0.25, 0.3) is 0 Å². The number of carbonyl (C=O) groups is 2. The van der Waals surface area contributed by atoms with Gasteiger partial charge in [-0.3, -0.25) is 9.59 Å². The van der Waals surface area contributed by atoms with Gasteiger partial charge in [0.1, 0.15) is 0 Å². The summed E-state index contributed by atoms with van der Waals surface area (Å²) in [5.74, 6) is 0.565. The van der Waals surface area contributed by atoms with Crippen LogP contribution in [0.5, 0.6) is 11.5 Å². The molecule has 6 nitrogen and oxygen atoms in total. The van der Waals surface area contributed by atoms with Crippen LogP contribution in [0.4, 0.5) is 0 Å². The van der Waals surface area contributed by atoms with Crippen molar-refractivity contribution in [2.24, 2.45) is 5.92 Å². The molecule has 2 rings (SSSR count). The van der Waals surface area contributed by atoms with Gasteiger partial charge in [-0.05, 0) is 49.8 Å². The summed E-state index contributed by atoms with van der Waals surface area (Å²) >= 11 is 0. The molecule has 1 aromatic rings. The van der Waals surface area contributed by atoms with Gasteiger partial charge >= 0.3 is 5.97 Å². The molecule has 1 heterocycles. The van der Waals surface area contributed by atoms with E-state index in [1.54, 1.807) is 18.1 Å². The molecule has 1 N–H and O–H groups in total. The zero-order chi connectivity index (χ0) is 17.5. The third-order valence-electron chi connectivity index (χ3n) is 4.31. The maximum absolute atomic E-state index is 12.4. The van der Waals surface area contributed by atoms with Crippen molar-refractivity contribution in [1.82, 2.24) is 4.90 Å². The van der Waals surface area contributed by atoms with Crippen molar-refractivity contribution in [1.29, 1.82) is 0 Å². The zero-order valence-corrected chi connectivity index (χ0v) is 14.3. The average Bonchev–Trinajstić information content (AvgIpc) is 2.58. The van der Waals surface area contributed by atoms with Gasteiger partial charge in [0, 0.05) is 19.5 Å². The summed E-state index contributed by atoms with van der Waals surface area (Å²) in [5, 5.41) is 8.79. The normalized spacial score (nSPS) is 17.4. The number of benzene rings is 1. The second-order valence-corrected chi connectivity index (χ2v) is 6.22. The fraction of sp³-hybridized carbons (Fsp3) is 0.556. The number of aryl methyl sites for hydroxylation is 1. The van der Waals surface area contributed by atoms with Gasteiger partial charge in [0.05, 0.1) is 7.11 Å². The lowest BCUT2D eigenvalue weighted by molar-refractivity contribution is -0.137. The molecule has 0 bridgehead atoms. The first kappa shape index (κ1) is 18.1. The van der Waals surface area contributed by atoms with Gasteiger partial charge in [-0.25, -0.2) is 0 Å². The number of amides is 1. The summed E-state index contributed by atoms with van der Waals surface area (Å²) in [5.41, 5.74) is 1.06. The molecule has 0 aromatic heterocycles. The fourth-order valence-electron chi connectivity index (χ4n) is 2.98. The van der Waals surface area contributed by atoms with Crippen molar-refractivity contribution in [2.45, 2.75) is 32.6 Å². The van der Waals surface area contributed by atoms with E-state index < -0.39 is 5.97 Å². The zero-order valence-electron chi connectivity index (χ0n) is 14.3. The standard InChI is InChI=1S/C18H25NO5/c1-13-5-7-15(16(10-13)23-2)24-12-17(20)19-9-3-4-14(11-19)6-8-18(21)22/h5,7,10,14H,3-4,6,8-9,11-12H2,1-2H3,(H,21,22)/t14-/m0/s1. The van der Waals surface area contributed by atoms with E-state index in [2.05, 4.69) is 0 Å². The van der Waals surface area contributed by atoms with Crippen LogP contribution >= 0.6 is 0 Å². The van der Waals surface area contributed by atoms with Gasteiger partial charge < -0.3 is 19.5 Å². The maximum Gasteiger partial charge on any atom is 0.303 e. The third kappa shape index (κ3) is 5.15. The highest BCUT2D eigenvalue weighted by molar-refractivity contribution is 5.78. The van der Waals surface area contributed by atoms with E-state index in [0.29, 0.717) is 31.0 Å². The molecule has 0 aliphatic carbocycles. The topological polar surface area (TPSA) is 76.1 Å². The number of carbonyl (C=O) groups excluding carboxylic acids is 1. The van der Waals surface area contributed by atoms with Crippen LogP contribution in [0.3, 0.4) is 0 Å².